The van der Waals surface area contributed by atoms with E-state index in [1.807, 2.05) is 26.1 Å². The Labute approximate surface area is 89.5 Å². The molecule has 1 rings (SSSR count). The fraction of sp³-hybridized carbons (Fsp3) is 0.545. The molecule has 0 aliphatic rings. The molecule has 0 saturated carbocycles. The van der Waals surface area contributed by atoms with Crippen molar-refractivity contribution in [1.82, 2.24) is 4.90 Å². The smallest absolute Gasteiger partial charge is 0.186 e. The molecule has 0 atom stereocenters. The third-order valence-electron chi connectivity index (χ3n) is 2.29. The van der Waals surface area contributed by atoms with Gasteiger partial charge < -0.3 is 0 Å². The normalized spacial score (nSPS) is 11.3. The molecule has 0 aliphatic heterocycles. The first-order valence-corrected chi connectivity index (χ1v) is 5.62. The standard InChI is InChI=1S/C11H17NOS/c1-8(2)12(4)7-10(13)11-6-5-9(3)14-11/h5-6,8H,7H2,1-4H3. The lowest BCUT2D eigenvalue weighted by atomic mass is 10.2. The molecule has 0 aliphatic carbocycles. The summed E-state index contributed by atoms with van der Waals surface area (Å²) in [6.45, 7) is 6.71. The van der Waals surface area contributed by atoms with Gasteiger partial charge in [0.05, 0.1) is 11.4 Å². The predicted molar refractivity (Wildman–Crippen MR) is 61.2 cm³/mol. The van der Waals surface area contributed by atoms with Gasteiger partial charge in [-0.2, -0.15) is 0 Å². The van der Waals surface area contributed by atoms with E-state index in [4.69, 9.17) is 0 Å². The number of ketones is 1. The second-order valence-corrected chi connectivity index (χ2v) is 5.13. The third kappa shape index (κ3) is 2.93. The first kappa shape index (κ1) is 11.4. The average Bonchev–Trinajstić information content (AvgIpc) is 2.51. The van der Waals surface area contributed by atoms with Gasteiger partial charge in [0.2, 0.25) is 0 Å². The van der Waals surface area contributed by atoms with Crippen molar-refractivity contribution in [1.29, 1.82) is 0 Å². The zero-order chi connectivity index (χ0) is 10.7. The van der Waals surface area contributed by atoms with Gasteiger partial charge in [-0.1, -0.05) is 0 Å². The van der Waals surface area contributed by atoms with Crippen molar-refractivity contribution in [2.45, 2.75) is 26.8 Å². The van der Waals surface area contributed by atoms with Crippen LogP contribution in [0.2, 0.25) is 0 Å². The molecule has 78 valence electrons. The molecule has 0 N–H and O–H groups in total. The van der Waals surface area contributed by atoms with Gasteiger partial charge in [0.15, 0.2) is 5.78 Å². The van der Waals surface area contributed by atoms with E-state index in [2.05, 4.69) is 18.7 Å². The largest absolute Gasteiger partial charge is 0.296 e. The Balaban J connectivity index is 2.59. The van der Waals surface area contributed by atoms with Crippen molar-refractivity contribution >= 4 is 17.1 Å². The number of hydrogen-bond acceptors (Lipinski definition) is 3. The molecule has 1 aromatic heterocycles. The van der Waals surface area contributed by atoms with Crippen LogP contribution < -0.4 is 0 Å². The van der Waals surface area contributed by atoms with E-state index in [0.717, 1.165) is 4.88 Å². The molecule has 0 saturated heterocycles. The van der Waals surface area contributed by atoms with E-state index in [0.29, 0.717) is 12.6 Å². The monoisotopic (exact) mass is 211 g/mol. The molecule has 3 heteroatoms. The second-order valence-electron chi connectivity index (χ2n) is 3.84. The van der Waals surface area contributed by atoms with Gasteiger partial charge in [-0.15, -0.1) is 11.3 Å². The molecule has 2 nitrogen and oxygen atoms in total. The highest BCUT2D eigenvalue weighted by Crippen LogP contribution is 2.16. The first-order chi connectivity index (χ1) is 6.50. The minimum absolute atomic E-state index is 0.222. The van der Waals surface area contributed by atoms with Crippen LogP contribution in [0.25, 0.3) is 0 Å². The number of likely N-dealkylation sites (N-methyl/N-ethyl adjacent to an activating group) is 1. The Morgan fingerprint density at radius 1 is 1.50 bits per heavy atom. The highest BCUT2D eigenvalue weighted by Gasteiger charge is 2.12. The Kier molecular flexibility index (Phi) is 3.84. The van der Waals surface area contributed by atoms with Crippen molar-refractivity contribution in [2.75, 3.05) is 13.6 Å². The number of thiophene rings is 1. The van der Waals surface area contributed by atoms with Gasteiger partial charge in [0.25, 0.3) is 0 Å². The van der Waals surface area contributed by atoms with Crippen LogP contribution in [-0.4, -0.2) is 30.3 Å². The molecule has 0 bridgehead atoms. The van der Waals surface area contributed by atoms with Gasteiger partial charge >= 0.3 is 0 Å². The fourth-order valence-corrected chi connectivity index (χ4v) is 1.87. The molecule has 14 heavy (non-hydrogen) atoms. The van der Waals surface area contributed by atoms with Crippen LogP contribution in [0.1, 0.15) is 28.4 Å². The summed E-state index contributed by atoms with van der Waals surface area (Å²) in [6, 6.07) is 4.32. The molecule has 0 unspecified atom stereocenters. The van der Waals surface area contributed by atoms with E-state index in [1.54, 1.807) is 11.3 Å². The summed E-state index contributed by atoms with van der Waals surface area (Å²) in [5.41, 5.74) is 0. The Bertz CT molecular complexity index is 317. The van der Waals surface area contributed by atoms with Gasteiger partial charge in [0, 0.05) is 10.9 Å². The maximum Gasteiger partial charge on any atom is 0.186 e. The highest BCUT2D eigenvalue weighted by molar-refractivity contribution is 7.14. The lowest BCUT2D eigenvalue weighted by Crippen LogP contribution is -2.31. The molecular formula is C11H17NOS. The Hall–Kier alpha value is -0.670. The molecular weight excluding hydrogens is 194 g/mol. The van der Waals surface area contributed by atoms with E-state index < -0.39 is 0 Å². The van der Waals surface area contributed by atoms with Crippen molar-refractivity contribution in [3.63, 3.8) is 0 Å². The van der Waals surface area contributed by atoms with Crippen LogP contribution in [0.3, 0.4) is 0 Å². The summed E-state index contributed by atoms with van der Waals surface area (Å²) < 4.78 is 0. The van der Waals surface area contributed by atoms with Gasteiger partial charge in [-0.25, -0.2) is 0 Å². The minimum Gasteiger partial charge on any atom is -0.296 e. The summed E-state index contributed by atoms with van der Waals surface area (Å²) in [7, 11) is 1.98. The van der Waals surface area contributed by atoms with E-state index in [9.17, 15) is 4.79 Å². The van der Waals surface area contributed by atoms with Crippen molar-refractivity contribution in [3.05, 3.63) is 21.9 Å². The van der Waals surface area contributed by atoms with Crippen LogP contribution in [0.15, 0.2) is 12.1 Å². The van der Waals surface area contributed by atoms with E-state index >= 15 is 0 Å². The summed E-state index contributed by atoms with van der Waals surface area (Å²) in [5.74, 6) is 0.222. The second kappa shape index (κ2) is 4.71. The zero-order valence-electron chi connectivity index (χ0n) is 9.20. The van der Waals surface area contributed by atoms with Gasteiger partial charge in [-0.05, 0) is 40.0 Å². The van der Waals surface area contributed by atoms with Crippen LogP contribution >= 0.6 is 11.3 Å². The zero-order valence-corrected chi connectivity index (χ0v) is 10.0. The topological polar surface area (TPSA) is 20.3 Å². The first-order valence-electron chi connectivity index (χ1n) is 4.80. The van der Waals surface area contributed by atoms with Crippen LogP contribution in [0, 0.1) is 6.92 Å². The molecule has 0 amide bonds. The van der Waals surface area contributed by atoms with Crippen molar-refractivity contribution in [2.24, 2.45) is 0 Å². The van der Waals surface area contributed by atoms with Crippen LogP contribution in [-0.2, 0) is 0 Å². The Morgan fingerprint density at radius 3 is 2.57 bits per heavy atom. The SMILES string of the molecule is Cc1ccc(C(=O)CN(C)C(C)C)s1. The van der Waals surface area contributed by atoms with Crippen molar-refractivity contribution < 1.29 is 4.79 Å². The minimum atomic E-state index is 0.222. The molecule has 1 heterocycles. The lowest BCUT2D eigenvalue weighted by Gasteiger charge is -2.19. The highest BCUT2D eigenvalue weighted by atomic mass is 32.1. The Morgan fingerprint density at radius 2 is 2.14 bits per heavy atom. The van der Waals surface area contributed by atoms with Crippen molar-refractivity contribution in [3.8, 4) is 0 Å². The van der Waals surface area contributed by atoms with Gasteiger partial charge in [-0.3, -0.25) is 9.69 Å². The number of carbonyl (C=O) groups is 1. The molecule has 0 aromatic carbocycles. The van der Waals surface area contributed by atoms with Crippen LogP contribution in [0.4, 0.5) is 0 Å². The average molecular weight is 211 g/mol. The molecule has 0 fully saturated rings. The van der Waals surface area contributed by atoms with E-state index in [-0.39, 0.29) is 5.78 Å². The van der Waals surface area contributed by atoms with Crippen LogP contribution in [0.5, 0.6) is 0 Å². The number of carbonyl (C=O) groups excluding carboxylic acids is 1. The number of nitrogens with zero attached hydrogens (tertiary/aromatic N) is 1. The quantitative estimate of drug-likeness (QED) is 0.713. The predicted octanol–water partition coefficient (Wildman–Crippen LogP) is 2.58. The summed E-state index contributed by atoms with van der Waals surface area (Å²) >= 11 is 1.57. The maximum absolute atomic E-state index is 11.7. The maximum atomic E-state index is 11.7. The summed E-state index contributed by atoms with van der Waals surface area (Å²) in [6.07, 6.45) is 0. The third-order valence-corrected chi connectivity index (χ3v) is 3.33. The number of hydrogen-bond donors (Lipinski definition) is 0. The lowest BCUT2D eigenvalue weighted by molar-refractivity contribution is 0.0933. The van der Waals surface area contributed by atoms with Gasteiger partial charge in [0.1, 0.15) is 0 Å². The molecule has 0 spiro atoms. The number of Topliss-reactive ketones (excluding diaryl/α,β-unsaturated/α-hetero) is 1. The summed E-state index contributed by atoms with van der Waals surface area (Å²) in [5, 5.41) is 0. The fourth-order valence-electron chi connectivity index (χ4n) is 1.07. The molecule has 0 radical (unpaired) electrons. The summed E-state index contributed by atoms with van der Waals surface area (Å²) in [4.78, 5) is 15.9. The van der Waals surface area contributed by atoms with E-state index in [1.165, 1.54) is 4.88 Å². The molecule has 1 aromatic rings. The number of aryl methyl sites for hydroxylation is 1. The number of rotatable bonds is 4.